The highest BCUT2D eigenvalue weighted by atomic mass is 32.2. The molecule has 1 aliphatic heterocycles. The molecule has 0 bridgehead atoms. The van der Waals surface area contributed by atoms with Gasteiger partial charge in [-0.3, -0.25) is 0 Å². The van der Waals surface area contributed by atoms with E-state index < -0.39 is 0 Å². The molecule has 1 atom stereocenters. The van der Waals surface area contributed by atoms with Crippen LogP contribution >= 0.6 is 11.8 Å². The van der Waals surface area contributed by atoms with Crippen LogP contribution < -0.4 is 11.1 Å². The molecule has 2 aromatic rings. The van der Waals surface area contributed by atoms with E-state index in [0.717, 1.165) is 17.9 Å². The lowest BCUT2D eigenvalue weighted by Crippen LogP contribution is -2.20. The van der Waals surface area contributed by atoms with Gasteiger partial charge in [-0.2, -0.15) is 21.7 Å². The maximum atomic E-state index is 5.67. The van der Waals surface area contributed by atoms with Gasteiger partial charge >= 0.3 is 0 Å². The fourth-order valence-corrected chi connectivity index (χ4v) is 3.40. The van der Waals surface area contributed by atoms with Gasteiger partial charge in [0.2, 0.25) is 5.95 Å². The second kappa shape index (κ2) is 5.01. The van der Waals surface area contributed by atoms with Gasteiger partial charge in [-0.1, -0.05) is 6.42 Å². The summed E-state index contributed by atoms with van der Waals surface area (Å²) in [4.78, 5) is 15.4. The molecular formula is C11H16N6S. The van der Waals surface area contributed by atoms with Crippen LogP contribution in [-0.2, 0) is 0 Å². The number of hydrogen-bond acceptors (Lipinski definition) is 6. The molecule has 0 aliphatic carbocycles. The average molecular weight is 264 g/mol. The van der Waals surface area contributed by atoms with Crippen LogP contribution in [0.1, 0.15) is 19.3 Å². The van der Waals surface area contributed by atoms with Crippen LogP contribution in [0.5, 0.6) is 0 Å². The third-order valence-corrected chi connectivity index (χ3v) is 4.47. The number of thioether (sulfide) groups is 1. The van der Waals surface area contributed by atoms with Gasteiger partial charge in [-0.05, 0) is 18.6 Å². The Morgan fingerprint density at radius 2 is 2.39 bits per heavy atom. The van der Waals surface area contributed by atoms with E-state index in [1.165, 1.54) is 25.0 Å². The Bertz CT molecular complexity index is 533. The van der Waals surface area contributed by atoms with E-state index in [1.54, 1.807) is 6.33 Å². The van der Waals surface area contributed by atoms with Crippen LogP contribution in [0.4, 0.5) is 11.8 Å². The number of nitrogen functional groups attached to an aromatic ring is 1. The topological polar surface area (TPSA) is 92.5 Å². The number of hydrogen-bond donors (Lipinski definition) is 3. The van der Waals surface area contributed by atoms with Crippen molar-refractivity contribution in [1.29, 1.82) is 0 Å². The number of fused-ring (bicyclic) bond motifs is 1. The van der Waals surface area contributed by atoms with Gasteiger partial charge < -0.3 is 16.0 Å². The van der Waals surface area contributed by atoms with Crippen LogP contribution in [0, 0.1) is 0 Å². The Kier molecular flexibility index (Phi) is 3.22. The number of imidazole rings is 1. The molecule has 18 heavy (non-hydrogen) atoms. The highest BCUT2D eigenvalue weighted by Gasteiger charge is 2.15. The summed E-state index contributed by atoms with van der Waals surface area (Å²) < 4.78 is 0. The molecule has 1 aliphatic rings. The molecule has 0 amide bonds. The molecule has 6 nitrogen and oxygen atoms in total. The number of nitrogens with two attached hydrogens (primary N) is 1. The molecule has 0 radical (unpaired) electrons. The zero-order chi connectivity index (χ0) is 12.4. The second-order valence-corrected chi connectivity index (χ2v) is 5.81. The molecule has 1 saturated heterocycles. The summed E-state index contributed by atoms with van der Waals surface area (Å²) in [5.41, 5.74) is 7.11. The third kappa shape index (κ3) is 2.35. The number of nitrogens with one attached hydrogen (secondary N) is 2. The second-order valence-electron chi connectivity index (χ2n) is 4.40. The van der Waals surface area contributed by atoms with E-state index in [2.05, 4.69) is 25.3 Å². The highest BCUT2D eigenvalue weighted by Crippen LogP contribution is 2.26. The highest BCUT2D eigenvalue weighted by molar-refractivity contribution is 7.99. The molecule has 0 aromatic carbocycles. The summed E-state index contributed by atoms with van der Waals surface area (Å²) in [6.45, 7) is 0.912. The summed E-state index contributed by atoms with van der Waals surface area (Å²) in [6, 6.07) is 0. The van der Waals surface area contributed by atoms with Crippen molar-refractivity contribution in [2.45, 2.75) is 24.5 Å². The average Bonchev–Trinajstić information content (AvgIpc) is 2.85. The Hall–Kier alpha value is -1.50. The number of rotatable bonds is 3. The van der Waals surface area contributed by atoms with Crippen molar-refractivity contribution in [3.8, 4) is 0 Å². The summed E-state index contributed by atoms with van der Waals surface area (Å²) in [5, 5.41) is 4.02. The largest absolute Gasteiger partial charge is 0.368 e. The van der Waals surface area contributed by atoms with Gasteiger partial charge in [0.05, 0.1) is 6.33 Å². The Balaban J connectivity index is 1.75. The maximum absolute atomic E-state index is 5.67. The van der Waals surface area contributed by atoms with Crippen LogP contribution in [-0.4, -0.2) is 37.5 Å². The molecule has 3 heterocycles. The summed E-state index contributed by atoms with van der Waals surface area (Å²) in [5.74, 6) is 2.27. The van der Waals surface area contributed by atoms with Crippen molar-refractivity contribution in [2.24, 2.45) is 0 Å². The first-order chi connectivity index (χ1) is 8.83. The first-order valence-electron chi connectivity index (χ1n) is 6.15. The first kappa shape index (κ1) is 11.6. The molecular weight excluding hydrogens is 248 g/mol. The zero-order valence-electron chi connectivity index (χ0n) is 10.0. The smallest absolute Gasteiger partial charge is 0.224 e. The number of anilines is 2. The van der Waals surface area contributed by atoms with Gasteiger partial charge in [0.25, 0.3) is 0 Å². The van der Waals surface area contributed by atoms with Gasteiger partial charge in [0.1, 0.15) is 5.52 Å². The van der Waals surface area contributed by atoms with E-state index in [9.17, 15) is 0 Å². The van der Waals surface area contributed by atoms with Crippen molar-refractivity contribution in [3.05, 3.63) is 6.33 Å². The molecule has 7 heteroatoms. The Labute approximate surface area is 109 Å². The van der Waals surface area contributed by atoms with Crippen molar-refractivity contribution in [3.63, 3.8) is 0 Å². The molecule has 2 aromatic heterocycles. The number of aromatic amines is 1. The fourth-order valence-electron chi connectivity index (χ4n) is 2.16. The van der Waals surface area contributed by atoms with Crippen LogP contribution in [0.3, 0.4) is 0 Å². The number of H-pyrrole nitrogens is 1. The standard InChI is InChI=1S/C11H16N6S/c12-11-16-9(8-10(17-11)15-6-14-8)13-5-7-3-1-2-4-18-7/h6-7H,1-5H2,(H4,12,13,14,15,16,17). The maximum Gasteiger partial charge on any atom is 0.224 e. The van der Waals surface area contributed by atoms with Gasteiger partial charge in [0, 0.05) is 11.8 Å². The van der Waals surface area contributed by atoms with Crippen LogP contribution in [0.25, 0.3) is 11.2 Å². The van der Waals surface area contributed by atoms with Crippen molar-refractivity contribution in [2.75, 3.05) is 23.3 Å². The molecule has 1 unspecified atom stereocenters. The Morgan fingerprint density at radius 3 is 3.22 bits per heavy atom. The minimum absolute atomic E-state index is 0.258. The summed E-state index contributed by atoms with van der Waals surface area (Å²) >= 11 is 2.03. The van der Waals surface area contributed by atoms with Gasteiger partial charge in [0.15, 0.2) is 11.5 Å². The molecule has 3 rings (SSSR count). The van der Waals surface area contributed by atoms with E-state index >= 15 is 0 Å². The lowest BCUT2D eigenvalue weighted by Gasteiger charge is -2.21. The fraction of sp³-hybridized carbons (Fsp3) is 0.545. The summed E-state index contributed by atoms with van der Waals surface area (Å²) in [7, 11) is 0. The molecule has 0 saturated carbocycles. The lowest BCUT2D eigenvalue weighted by atomic mass is 10.2. The van der Waals surface area contributed by atoms with Gasteiger partial charge in [-0.25, -0.2) is 4.98 Å². The molecule has 0 spiro atoms. The monoisotopic (exact) mass is 264 g/mol. The first-order valence-corrected chi connectivity index (χ1v) is 7.20. The molecule has 1 fully saturated rings. The lowest BCUT2D eigenvalue weighted by molar-refractivity contribution is 0.677. The minimum Gasteiger partial charge on any atom is -0.368 e. The third-order valence-electron chi connectivity index (χ3n) is 3.07. The van der Waals surface area contributed by atoms with Gasteiger partial charge in [-0.15, -0.1) is 0 Å². The molecule has 96 valence electrons. The predicted molar refractivity (Wildman–Crippen MR) is 74.7 cm³/mol. The normalized spacial score (nSPS) is 20.1. The van der Waals surface area contributed by atoms with E-state index in [0.29, 0.717) is 10.9 Å². The molecule has 4 N–H and O–H groups in total. The van der Waals surface area contributed by atoms with Crippen LogP contribution in [0.15, 0.2) is 6.33 Å². The minimum atomic E-state index is 0.258. The van der Waals surface area contributed by atoms with Crippen LogP contribution in [0.2, 0.25) is 0 Å². The van der Waals surface area contributed by atoms with E-state index in [4.69, 9.17) is 5.73 Å². The zero-order valence-corrected chi connectivity index (χ0v) is 10.8. The van der Waals surface area contributed by atoms with Crippen molar-refractivity contribution >= 4 is 34.7 Å². The number of aromatic nitrogens is 4. The van der Waals surface area contributed by atoms with E-state index in [1.807, 2.05) is 11.8 Å². The SMILES string of the molecule is Nc1nc(NCC2CCCCS2)c2[nH]cnc2n1. The number of nitrogens with zero attached hydrogens (tertiary/aromatic N) is 3. The van der Waals surface area contributed by atoms with Crippen molar-refractivity contribution < 1.29 is 0 Å². The van der Waals surface area contributed by atoms with Crippen molar-refractivity contribution in [1.82, 2.24) is 19.9 Å². The Morgan fingerprint density at radius 1 is 1.44 bits per heavy atom. The summed E-state index contributed by atoms with van der Waals surface area (Å²) in [6.07, 6.45) is 5.54. The van der Waals surface area contributed by atoms with E-state index in [-0.39, 0.29) is 5.95 Å². The quantitative estimate of drug-likeness (QED) is 0.780. The predicted octanol–water partition coefficient (Wildman–Crippen LogP) is 1.63.